The maximum Gasteiger partial charge on any atom is 0.188 e. The molecule has 3 heteroatoms. The summed E-state index contributed by atoms with van der Waals surface area (Å²) in [5.74, 6) is 1.47. The van der Waals surface area contributed by atoms with E-state index in [1.165, 1.54) is 10.6 Å². The van der Waals surface area contributed by atoms with Gasteiger partial charge in [-0.2, -0.15) is 0 Å². The Hall–Kier alpha value is -1.66. The summed E-state index contributed by atoms with van der Waals surface area (Å²) in [6, 6.07) is 21.8. The van der Waals surface area contributed by atoms with Crippen molar-refractivity contribution >= 4 is 24.4 Å². The molecule has 0 saturated carbocycles. The predicted octanol–water partition coefficient (Wildman–Crippen LogP) is 3.57. The molecule has 0 spiro atoms. The zero-order valence-corrected chi connectivity index (χ0v) is 14.0. The molecule has 2 aromatic carbocycles. The van der Waals surface area contributed by atoms with E-state index in [1.54, 1.807) is 0 Å². The van der Waals surface area contributed by atoms with E-state index in [2.05, 4.69) is 74.5 Å². The molecule has 2 aromatic rings. The summed E-state index contributed by atoms with van der Waals surface area (Å²) in [7, 11) is -0.456. The smallest absolute Gasteiger partial charge is 0.188 e. The van der Waals surface area contributed by atoms with Crippen LogP contribution in [0.15, 0.2) is 65.7 Å². The lowest BCUT2D eigenvalue weighted by molar-refractivity contribution is 0.290. The minimum Gasteiger partial charge on any atom is -0.478 e. The molecule has 3 rings (SSSR count). The van der Waals surface area contributed by atoms with E-state index in [0.29, 0.717) is 12.0 Å². The number of hydrogen-bond acceptors (Lipinski definition) is 2. The number of benzene rings is 2. The highest BCUT2D eigenvalue weighted by Gasteiger charge is 2.25. The molecule has 0 aromatic heterocycles. The third-order valence-electron chi connectivity index (χ3n) is 3.93. The van der Waals surface area contributed by atoms with Gasteiger partial charge in [0.2, 0.25) is 0 Å². The van der Waals surface area contributed by atoms with Gasteiger partial charge in [0.05, 0.1) is 12.2 Å². The van der Waals surface area contributed by atoms with Gasteiger partial charge in [-0.3, -0.25) is 0 Å². The van der Waals surface area contributed by atoms with Crippen LogP contribution in [0.4, 0.5) is 0 Å². The van der Waals surface area contributed by atoms with Crippen molar-refractivity contribution in [1.29, 1.82) is 0 Å². The third kappa shape index (κ3) is 3.56. The van der Waals surface area contributed by atoms with Crippen molar-refractivity contribution in [3.63, 3.8) is 0 Å². The second kappa shape index (κ2) is 7.07. The third-order valence-corrected chi connectivity index (χ3v) is 6.36. The van der Waals surface area contributed by atoms with Gasteiger partial charge in [0.15, 0.2) is 5.90 Å². The topological polar surface area (TPSA) is 21.6 Å². The fraction of sp³-hybridized carbons (Fsp3) is 0.316. The van der Waals surface area contributed by atoms with E-state index in [4.69, 9.17) is 9.73 Å². The summed E-state index contributed by atoms with van der Waals surface area (Å²) < 4.78 is 5.87. The van der Waals surface area contributed by atoms with Crippen LogP contribution < -0.4 is 10.6 Å². The summed E-state index contributed by atoms with van der Waals surface area (Å²) in [6.07, 6.45) is 0.895. The Morgan fingerprint density at radius 1 is 1.00 bits per heavy atom. The van der Waals surface area contributed by atoms with Gasteiger partial charge in [0.25, 0.3) is 0 Å². The number of nitrogens with zero attached hydrogens (tertiary/aromatic N) is 1. The van der Waals surface area contributed by atoms with Gasteiger partial charge in [-0.1, -0.05) is 74.5 Å². The SMILES string of the molecule is CC(C)C1COC(CP(c2ccccc2)c2ccccc2)=N1. The lowest BCUT2D eigenvalue weighted by Gasteiger charge is -2.18. The van der Waals surface area contributed by atoms with Crippen LogP contribution in [0, 0.1) is 5.92 Å². The highest BCUT2D eigenvalue weighted by atomic mass is 31.1. The largest absolute Gasteiger partial charge is 0.478 e. The van der Waals surface area contributed by atoms with Crippen LogP contribution in [0.2, 0.25) is 0 Å². The summed E-state index contributed by atoms with van der Waals surface area (Å²) >= 11 is 0. The molecule has 1 heterocycles. The monoisotopic (exact) mass is 311 g/mol. The second-order valence-electron chi connectivity index (χ2n) is 5.90. The number of hydrogen-bond donors (Lipinski definition) is 0. The fourth-order valence-corrected chi connectivity index (χ4v) is 4.72. The molecule has 0 bridgehead atoms. The van der Waals surface area contributed by atoms with Gasteiger partial charge < -0.3 is 4.74 Å². The van der Waals surface area contributed by atoms with E-state index >= 15 is 0 Å². The number of rotatable bonds is 5. The van der Waals surface area contributed by atoms with Crippen LogP contribution in [0.3, 0.4) is 0 Å². The fourth-order valence-electron chi connectivity index (χ4n) is 2.55. The molecule has 0 amide bonds. The van der Waals surface area contributed by atoms with Crippen molar-refractivity contribution in [3.8, 4) is 0 Å². The van der Waals surface area contributed by atoms with E-state index in [1.807, 2.05) is 0 Å². The minimum absolute atomic E-state index is 0.318. The Morgan fingerprint density at radius 3 is 2.00 bits per heavy atom. The summed E-state index contributed by atoms with van der Waals surface area (Å²) in [4.78, 5) is 4.79. The van der Waals surface area contributed by atoms with E-state index in [9.17, 15) is 0 Å². The van der Waals surface area contributed by atoms with Crippen LogP contribution in [-0.2, 0) is 4.74 Å². The van der Waals surface area contributed by atoms with Gasteiger partial charge in [-0.15, -0.1) is 0 Å². The zero-order chi connectivity index (χ0) is 15.4. The standard InChI is InChI=1S/C19H22NOP/c1-15(2)18-13-21-19(20-18)14-22(16-9-5-3-6-10-16)17-11-7-4-8-12-17/h3-12,15,18H,13-14H2,1-2H3. The molecule has 22 heavy (non-hydrogen) atoms. The summed E-state index contributed by atoms with van der Waals surface area (Å²) in [6.45, 7) is 5.15. The molecule has 0 saturated heterocycles. The Kier molecular flexibility index (Phi) is 4.90. The number of aliphatic imine (C=N–C) groups is 1. The Bertz CT molecular complexity index is 585. The summed E-state index contributed by atoms with van der Waals surface area (Å²) in [5, 5.41) is 2.76. The van der Waals surface area contributed by atoms with Crippen LogP contribution >= 0.6 is 7.92 Å². The van der Waals surface area contributed by atoms with Crippen molar-refractivity contribution in [2.75, 3.05) is 12.8 Å². The zero-order valence-electron chi connectivity index (χ0n) is 13.1. The Morgan fingerprint density at radius 2 is 1.55 bits per heavy atom. The molecule has 0 aliphatic carbocycles. The molecule has 114 valence electrons. The highest BCUT2D eigenvalue weighted by molar-refractivity contribution is 7.73. The quantitative estimate of drug-likeness (QED) is 0.774. The molecule has 1 aliphatic heterocycles. The van der Waals surface area contributed by atoms with Gasteiger partial charge in [0, 0.05) is 0 Å². The average molecular weight is 311 g/mol. The first-order valence-electron chi connectivity index (χ1n) is 7.81. The van der Waals surface area contributed by atoms with Gasteiger partial charge in [-0.25, -0.2) is 4.99 Å². The lowest BCUT2D eigenvalue weighted by Crippen LogP contribution is -2.18. The van der Waals surface area contributed by atoms with Crippen LogP contribution in [0.25, 0.3) is 0 Å². The normalized spacial score (nSPS) is 17.6. The molecule has 0 radical (unpaired) electrons. The first-order valence-corrected chi connectivity index (χ1v) is 9.34. The van der Waals surface area contributed by atoms with Crippen molar-refractivity contribution in [2.24, 2.45) is 10.9 Å². The molecular formula is C19H22NOP. The summed E-state index contributed by atoms with van der Waals surface area (Å²) in [5.41, 5.74) is 0. The number of ether oxygens (including phenoxy) is 1. The van der Waals surface area contributed by atoms with Crippen molar-refractivity contribution in [3.05, 3.63) is 60.7 Å². The van der Waals surface area contributed by atoms with Crippen LogP contribution in [-0.4, -0.2) is 24.7 Å². The Labute approximate surface area is 134 Å². The van der Waals surface area contributed by atoms with Crippen molar-refractivity contribution in [2.45, 2.75) is 19.9 Å². The second-order valence-corrected chi connectivity index (χ2v) is 8.11. The van der Waals surface area contributed by atoms with Gasteiger partial charge >= 0.3 is 0 Å². The van der Waals surface area contributed by atoms with E-state index in [0.717, 1.165) is 18.7 Å². The van der Waals surface area contributed by atoms with E-state index in [-0.39, 0.29) is 0 Å². The minimum atomic E-state index is -0.456. The molecule has 0 fully saturated rings. The predicted molar refractivity (Wildman–Crippen MR) is 96.0 cm³/mol. The Balaban J connectivity index is 1.86. The average Bonchev–Trinajstić information content (AvgIpc) is 3.03. The van der Waals surface area contributed by atoms with E-state index < -0.39 is 7.92 Å². The molecular weight excluding hydrogens is 289 g/mol. The van der Waals surface area contributed by atoms with Gasteiger partial charge in [-0.05, 0) is 24.4 Å². The first-order chi connectivity index (χ1) is 10.7. The molecule has 1 aliphatic rings. The van der Waals surface area contributed by atoms with Crippen LogP contribution in [0.5, 0.6) is 0 Å². The maximum atomic E-state index is 5.87. The first kappa shape index (κ1) is 15.2. The molecule has 1 unspecified atom stereocenters. The van der Waals surface area contributed by atoms with Crippen LogP contribution in [0.1, 0.15) is 13.8 Å². The maximum absolute atomic E-state index is 5.87. The lowest BCUT2D eigenvalue weighted by atomic mass is 10.1. The molecule has 1 atom stereocenters. The molecule has 0 N–H and O–H groups in total. The van der Waals surface area contributed by atoms with Gasteiger partial charge in [0.1, 0.15) is 6.61 Å². The molecule has 2 nitrogen and oxygen atoms in total. The highest BCUT2D eigenvalue weighted by Crippen LogP contribution is 2.34. The van der Waals surface area contributed by atoms with Crippen molar-refractivity contribution < 1.29 is 4.74 Å². The van der Waals surface area contributed by atoms with Crippen molar-refractivity contribution in [1.82, 2.24) is 0 Å².